The number of benzene rings is 1. The highest BCUT2D eigenvalue weighted by Gasteiger charge is 2.09. The monoisotopic (exact) mass is 246 g/mol. The molecule has 2 nitrogen and oxygen atoms in total. The third kappa shape index (κ3) is 6.58. The van der Waals surface area contributed by atoms with Gasteiger partial charge in [0.15, 0.2) is 0 Å². The summed E-state index contributed by atoms with van der Waals surface area (Å²) in [7, 11) is 2.13. The molecule has 1 rings (SSSR count). The number of rotatable bonds is 6. The summed E-state index contributed by atoms with van der Waals surface area (Å²) in [6.07, 6.45) is 0. The molecule has 1 aromatic carbocycles. The van der Waals surface area contributed by atoms with Crippen LogP contribution in [0.3, 0.4) is 0 Å². The Labute approximate surface area is 112 Å². The first-order valence-corrected chi connectivity index (χ1v) is 6.51. The lowest BCUT2D eigenvalue weighted by molar-refractivity contribution is 0.346. The fourth-order valence-corrected chi connectivity index (χ4v) is 1.78. The number of likely N-dealkylation sites (N-methyl/N-ethyl adjacent to an activating group) is 1. The Hall–Kier alpha value is -1.12. The Morgan fingerprint density at radius 1 is 1.22 bits per heavy atom. The third-order valence-electron chi connectivity index (χ3n) is 2.66. The molecule has 2 heteroatoms. The molecule has 0 amide bonds. The molecule has 0 aliphatic carbocycles. The molecular weight excluding hydrogens is 220 g/mol. The van der Waals surface area contributed by atoms with Gasteiger partial charge in [0.1, 0.15) is 0 Å². The molecule has 0 aromatic heterocycles. The molecule has 0 aliphatic heterocycles. The predicted molar refractivity (Wildman–Crippen MR) is 79.7 cm³/mol. The number of nitrogens with one attached hydrogen (secondary N) is 1. The van der Waals surface area contributed by atoms with Gasteiger partial charge in [0.2, 0.25) is 0 Å². The zero-order valence-corrected chi connectivity index (χ0v) is 12.2. The van der Waals surface area contributed by atoms with Crippen LogP contribution in [0.15, 0.2) is 42.5 Å². The van der Waals surface area contributed by atoms with Gasteiger partial charge in [-0.05, 0) is 39.0 Å². The van der Waals surface area contributed by atoms with Crippen LogP contribution in [0.1, 0.15) is 26.3 Å². The van der Waals surface area contributed by atoms with E-state index in [1.165, 1.54) is 11.1 Å². The first-order valence-electron chi connectivity index (χ1n) is 6.51. The van der Waals surface area contributed by atoms with Gasteiger partial charge in [-0.1, -0.05) is 36.9 Å². The van der Waals surface area contributed by atoms with Gasteiger partial charge in [-0.3, -0.25) is 4.90 Å². The van der Waals surface area contributed by atoms with Gasteiger partial charge in [0.05, 0.1) is 0 Å². The molecule has 1 N–H and O–H groups in total. The Morgan fingerprint density at radius 2 is 1.83 bits per heavy atom. The lowest BCUT2D eigenvalue weighted by atomic mass is 10.1. The van der Waals surface area contributed by atoms with Crippen molar-refractivity contribution in [3.05, 3.63) is 48.0 Å². The highest BCUT2D eigenvalue weighted by Crippen LogP contribution is 2.05. The predicted octanol–water partition coefficient (Wildman–Crippen LogP) is 3.06. The molecule has 18 heavy (non-hydrogen) atoms. The van der Waals surface area contributed by atoms with Crippen molar-refractivity contribution in [3.8, 4) is 0 Å². The molecule has 0 radical (unpaired) electrons. The van der Waals surface area contributed by atoms with Gasteiger partial charge >= 0.3 is 0 Å². The van der Waals surface area contributed by atoms with Crippen molar-refractivity contribution in [1.29, 1.82) is 0 Å². The molecule has 0 heterocycles. The maximum absolute atomic E-state index is 4.14. The molecule has 0 bridgehead atoms. The van der Waals surface area contributed by atoms with Crippen LogP contribution in [0.25, 0.3) is 0 Å². The summed E-state index contributed by atoms with van der Waals surface area (Å²) in [5, 5.41) is 3.46. The van der Waals surface area contributed by atoms with E-state index in [-0.39, 0.29) is 5.54 Å². The van der Waals surface area contributed by atoms with Crippen molar-refractivity contribution >= 4 is 0 Å². The zero-order valence-electron chi connectivity index (χ0n) is 12.2. The van der Waals surface area contributed by atoms with Gasteiger partial charge in [-0.15, -0.1) is 0 Å². The fourth-order valence-electron chi connectivity index (χ4n) is 1.78. The largest absolute Gasteiger partial charge is 0.308 e. The van der Waals surface area contributed by atoms with Crippen molar-refractivity contribution in [3.63, 3.8) is 0 Å². The van der Waals surface area contributed by atoms with E-state index in [2.05, 4.69) is 74.9 Å². The van der Waals surface area contributed by atoms with Crippen molar-refractivity contribution in [2.75, 3.05) is 20.1 Å². The zero-order chi connectivity index (χ0) is 13.6. The van der Waals surface area contributed by atoms with Gasteiger partial charge in [0.25, 0.3) is 0 Å². The summed E-state index contributed by atoms with van der Waals surface area (Å²) in [4.78, 5) is 2.29. The van der Waals surface area contributed by atoms with Crippen LogP contribution in [0.2, 0.25) is 0 Å². The second-order valence-electron chi connectivity index (χ2n) is 6.01. The molecule has 100 valence electrons. The first kappa shape index (κ1) is 14.9. The second-order valence-corrected chi connectivity index (χ2v) is 6.01. The van der Waals surface area contributed by atoms with Crippen LogP contribution >= 0.6 is 0 Å². The van der Waals surface area contributed by atoms with Crippen LogP contribution in [0.5, 0.6) is 0 Å². The molecule has 0 fully saturated rings. The smallest absolute Gasteiger partial charge is 0.0234 e. The third-order valence-corrected chi connectivity index (χ3v) is 2.66. The molecule has 0 atom stereocenters. The van der Waals surface area contributed by atoms with E-state index < -0.39 is 0 Å². The lowest BCUT2D eigenvalue weighted by Gasteiger charge is -2.23. The molecule has 0 saturated carbocycles. The van der Waals surface area contributed by atoms with E-state index in [1.54, 1.807) is 0 Å². The van der Waals surface area contributed by atoms with E-state index in [4.69, 9.17) is 0 Å². The molecular formula is C16H26N2. The minimum absolute atomic E-state index is 0.154. The minimum atomic E-state index is 0.154. The highest BCUT2D eigenvalue weighted by atomic mass is 15.1. The Balaban J connectivity index is 2.32. The van der Waals surface area contributed by atoms with Gasteiger partial charge in [-0.25, -0.2) is 0 Å². The van der Waals surface area contributed by atoms with E-state index >= 15 is 0 Å². The normalized spacial score (nSPS) is 11.8. The molecule has 1 aromatic rings. The van der Waals surface area contributed by atoms with Crippen molar-refractivity contribution in [1.82, 2.24) is 10.2 Å². The van der Waals surface area contributed by atoms with E-state index in [0.29, 0.717) is 0 Å². The average Bonchev–Trinajstić information content (AvgIpc) is 2.26. The van der Waals surface area contributed by atoms with Crippen molar-refractivity contribution in [2.24, 2.45) is 0 Å². The van der Waals surface area contributed by atoms with Gasteiger partial charge in [0, 0.05) is 25.2 Å². The second kappa shape index (κ2) is 6.72. The Kier molecular flexibility index (Phi) is 5.57. The summed E-state index contributed by atoms with van der Waals surface area (Å²) in [6.45, 7) is 13.4. The quantitative estimate of drug-likeness (QED) is 0.776. The number of hydrogen-bond donors (Lipinski definition) is 1. The first-order chi connectivity index (χ1) is 8.37. The minimum Gasteiger partial charge on any atom is -0.308 e. The number of nitrogens with zero attached hydrogens (tertiary/aromatic N) is 1. The average molecular weight is 246 g/mol. The standard InChI is InChI=1S/C16H26N2/c1-14(11-17-16(2,3)4)12-18(5)13-15-9-7-6-8-10-15/h6-10,17H,1,11-13H2,2-5H3. The van der Waals surface area contributed by atoms with Crippen LogP contribution in [-0.2, 0) is 6.54 Å². The van der Waals surface area contributed by atoms with E-state index in [1.807, 2.05) is 0 Å². The van der Waals surface area contributed by atoms with Crippen LogP contribution in [0.4, 0.5) is 0 Å². The van der Waals surface area contributed by atoms with Crippen LogP contribution in [-0.4, -0.2) is 30.6 Å². The maximum atomic E-state index is 4.14. The molecule has 0 aliphatic rings. The summed E-state index contributed by atoms with van der Waals surface area (Å²) >= 11 is 0. The Bertz CT molecular complexity index is 362. The molecule has 0 spiro atoms. The van der Waals surface area contributed by atoms with Crippen LogP contribution < -0.4 is 5.32 Å². The van der Waals surface area contributed by atoms with Gasteiger partial charge < -0.3 is 5.32 Å². The van der Waals surface area contributed by atoms with Gasteiger partial charge in [-0.2, -0.15) is 0 Å². The maximum Gasteiger partial charge on any atom is 0.0234 e. The lowest BCUT2D eigenvalue weighted by Crippen LogP contribution is -2.38. The van der Waals surface area contributed by atoms with Crippen molar-refractivity contribution < 1.29 is 0 Å². The molecule has 0 unspecified atom stereocenters. The SMILES string of the molecule is C=C(CNC(C)(C)C)CN(C)Cc1ccccc1. The fraction of sp³-hybridized carbons (Fsp3) is 0.500. The van der Waals surface area contributed by atoms with Crippen molar-refractivity contribution in [2.45, 2.75) is 32.9 Å². The summed E-state index contributed by atoms with van der Waals surface area (Å²) < 4.78 is 0. The number of hydrogen-bond acceptors (Lipinski definition) is 2. The highest BCUT2D eigenvalue weighted by molar-refractivity contribution is 5.14. The summed E-state index contributed by atoms with van der Waals surface area (Å²) in [6, 6.07) is 10.5. The van der Waals surface area contributed by atoms with E-state index in [9.17, 15) is 0 Å². The Morgan fingerprint density at radius 3 is 2.39 bits per heavy atom. The summed E-state index contributed by atoms with van der Waals surface area (Å²) in [5.41, 5.74) is 2.72. The summed E-state index contributed by atoms with van der Waals surface area (Å²) in [5.74, 6) is 0. The van der Waals surface area contributed by atoms with Crippen LogP contribution in [0, 0.1) is 0 Å². The topological polar surface area (TPSA) is 15.3 Å². The molecule has 0 saturated heterocycles. The van der Waals surface area contributed by atoms with E-state index in [0.717, 1.165) is 19.6 Å².